The highest BCUT2D eigenvalue weighted by Crippen LogP contribution is 2.38. The number of rotatable bonds is 38. The molecule has 0 heterocycles. The number of phosphoric acid groups is 1. The van der Waals surface area contributed by atoms with E-state index >= 15 is 0 Å². The van der Waals surface area contributed by atoms with Crippen LogP contribution in [0.5, 0.6) is 0 Å². The molecule has 0 aliphatic rings. The van der Waals surface area contributed by atoms with Gasteiger partial charge in [0.15, 0.2) is 6.10 Å². The van der Waals surface area contributed by atoms with Crippen molar-refractivity contribution >= 4 is 19.8 Å². The van der Waals surface area contributed by atoms with Gasteiger partial charge in [0, 0.05) is 12.8 Å². The Bertz CT molecular complexity index is 891. The second kappa shape index (κ2) is 34.5. The molecular weight excluding hydrogens is 665 g/mol. The number of likely N-dealkylation sites (N-methyl/N-ethyl adjacent to an activating group) is 1. The molecule has 0 N–H and O–H groups in total. The smallest absolute Gasteiger partial charge is 0.306 e. The summed E-state index contributed by atoms with van der Waals surface area (Å²) in [5.74, 6) is -0.839. The number of unbranched alkanes of at least 4 members (excludes halogenated alkanes) is 22. The van der Waals surface area contributed by atoms with Gasteiger partial charge in [-0.25, -0.2) is 0 Å². The first-order chi connectivity index (χ1) is 24.5. The molecule has 0 amide bonds. The standard InChI is InChI=1S/C41H80NO8P/c1-6-8-10-12-14-16-18-19-20-21-22-24-26-28-30-32-34-41(44)50-39(38-49-51(45,46)48-36-35-42(3,4)5)37-47-40(43)33-31-29-27-25-23-17-15-13-11-9-7-2/h20-21,39H,6-19,22-38H2,1-5H3/b21-20-/t39-/m1/s1. The summed E-state index contributed by atoms with van der Waals surface area (Å²) >= 11 is 0. The van der Waals surface area contributed by atoms with E-state index in [4.69, 9.17) is 18.5 Å². The van der Waals surface area contributed by atoms with Crippen LogP contribution in [0.15, 0.2) is 12.2 Å². The van der Waals surface area contributed by atoms with Crippen LogP contribution in [0, 0.1) is 0 Å². The number of hydrogen-bond donors (Lipinski definition) is 0. The molecular formula is C41H80NO8P. The maximum Gasteiger partial charge on any atom is 0.306 e. The van der Waals surface area contributed by atoms with Gasteiger partial charge in [0.05, 0.1) is 27.7 Å². The Labute approximate surface area is 314 Å². The van der Waals surface area contributed by atoms with Gasteiger partial charge in [0.2, 0.25) is 0 Å². The first-order valence-electron chi connectivity index (χ1n) is 20.9. The molecule has 2 atom stereocenters. The molecule has 0 spiro atoms. The third-order valence-corrected chi connectivity index (χ3v) is 10.00. The lowest BCUT2D eigenvalue weighted by molar-refractivity contribution is -0.870. The fraction of sp³-hybridized carbons (Fsp3) is 0.902. The van der Waals surface area contributed by atoms with Gasteiger partial charge in [-0.2, -0.15) is 0 Å². The Kier molecular flexibility index (Phi) is 33.7. The Balaban J connectivity index is 4.38. The van der Waals surface area contributed by atoms with Crippen molar-refractivity contribution in [2.75, 3.05) is 47.5 Å². The molecule has 302 valence electrons. The van der Waals surface area contributed by atoms with Crippen molar-refractivity contribution in [1.82, 2.24) is 0 Å². The minimum atomic E-state index is -4.62. The van der Waals surface area contributed by atoms with Crippen LogP contribution in [0.2, 0.25) is 0 Å². The monoisotopic (exact) mass is 746 g/mol. The minimum absolute atomic E-state index is 0.0295. The summed E-state index contributed by atoms with van der Waals surface area (Å²) in [6, 6.07) is 0. The largest absolute Gasteiger partial charge is 0.756 e. The Morgan fingerprint density at radius 3 is 1.45 bits per heavy atom. The number of esters is 2. The molecule has 0 aromatic carbocycles. The summed E-state index contributed by atoms with van der Waals surface area (Å²) in [5.41, 5.74) is 0. The van der Waals surface area contributed by atoms with Crippen molar-refractivity contribution in [2.45, 2.75) is 193 Å². The van der Waals surface area contributed by atoms with Gasteiger partial charge in [-0.05, 0) is 38.5 Å². The molecule has 9 nitrogen and oxygen atoms in total. The van der Waals surface area contributed by atoms with E-state index in [9.17, 15) is 19.0 Å². The number of phosphoric ester groups is 1. The van der Waals surface area contributed by atoms with Gasteiger partial charge in [-0.15, -0.1) is 0 Å². The summed E-state index contributed by atoms with van der Waals surface area (Å²) in [4.78, 5) is 37.4. The Morgan fingerprint density at radius 1 is 0.588 bits per heavy atom. The van der Waals surface area contributed by atoms with Crippen molar-refractivity contribution in [3.63, 3.8) is 0 Å². The molecule has 0 fully saturated rings. The van der Waals surface area contributed by atoms with E-state index in [0.29, 0.717) is 17.4 Å². The third-order valence-electron chi connectivity index (χ3n) is 9.04. The lowest BCUT2D eigenvalue weighted by Gasteiger charge is -2.28. The Morgan fingerprint density at radius 2 is 1.00 bits per heavy atom. The SMILES string of the molecule is CCCCCCCCC/C=C\CCCCCCCC(=O)O[C@H](COC(=O)CCCCCCCCCCCCC)COP(=O)([O-])OCC[N+](C)(C)C. The predicted octanol–water partition coefficient (Wildman–Crippen LogP) is 10.8. The van der Waals surface area contributed by atoms with Crippen LogP contribution < -0.4 is 4.89 Å². The molecule has 1 unspecified atom stereocenters. The summed E-state index contributed by atoms with van der Waals surface area (Å²) < 4.78 is 33.8. The van der Waals surface area contributed by atoms with Crippen LogP contribution >= 0.6 is 7.82 Å². The van der Waals surface area contributed by atoms with Gasteiger partial charge < -0.3 is 27.9 Å². The average Bonchev–Trinajstić information content (AvgIpc) is 3.07. The van der Waals surface area contributed by atoms with Crippen LogP contribution in [0.3, 0.4) is 0 Å². The topological polar surface area (TPSA) is 111 Å². The summed E-state index contributed by atoms with van der Waals surface area (Å²) in [6.07, 6.45) is 33.7. The molecule has 10 heteroatoms. The van der Waals surface area contributed by atoms with Gasteiger partial charge in [0.1, 0.15) is 19.8 Å². The number of allylic oxidation sites excluding steroid dienone is 2. The van der Waals surface area contributed by atoms with E-state index < -0.39 is 26.5 Å². The van der Waals surface area contributed by atoms with Crippen LogP contribution in [0.4, 0.5) is 0 Å². The molecule has 51 heavy (non-hydrogen) atoms. The van der Waals surface area contributed by atoms with Crippen molar-refractivity contribution in [2.24, 2.45) is 0 Å². The van der Waals surface area contributed by atoms with Crippen LogP contribution in [0.1, 0.15) is 187 Å². The molecule has 0 rings (SSSR count). The highest BCUT2D eigenvalue weighted by molar-refractivity contribution is 7.45. The number of hydrogen-bond acceptors (Lipinski definition) is 8. The normalized spacial score (nSPS) is 13.8. The summed E-state index contributed by atoms with van der Waals surface area (Å²) in [7, 11) is 1.17. The fourth-order valence-electron chi connectivity index (χ4n) is 5.71. The highest BCUT2D eigenvalue weighted by Gasteiger charge is 2.21. The molecule has 0 radical (unpaired) electrons. The van der Waals surface area contributed by atoms with Gasteiger partial charge in [0.25, 0.3) is 7.82 Å². The zero-order valence-corrected chi connectivity index (χ0v) is 34.7. The molecule has 0 aliphatic carbocycles. The van der Waals surface area contributed by atoms with Crippen molar-refractivity contribution in [3.8, 4) is 0 Å². The zero-order chi connectivity index (χ0) is 37.9. The average molecular weight is 746 g/mol. The first kappa shape index (κ1) is 49.8. The van der Waals surface area contributed by atoms with Gasteiger partial charge in [-0.1, -0.05) is 148 Å². The van der Waals surface area contributed by atoms with E-state index in [1.165, 1.54) is 103 Å². The maximum absolute atomic E-state index is 12.6. The third kappa shape index (κ3) is 38.3. The maximum atomic E-state index is 12.6. The fourth-order valence-corrected chi connectivity index (χ4v) is 6.44. The van der Waals surface area contributed by atoms with Gasteiger partial charge in [-0.3, -0.25) is 14.2 Å². The molecule has 0 saturated carbocycles. The predicted molar refractivity (Wildman–Crippen MR) is 208 cm³/mol. The number of ether oxygens (including phenoxy) is 2. The highest BCUT2D eigenvalue weighted by atomic mass is 31.2. The number of carbonyl (C=O) groups excluding carboxylic acids is 2. The molecule has 0 aromatic heterocycles. The number of quaternary nitrogens is 1. The second-order valence-corrected chi connectivity index (χ2v) is 16.8. The number of nitrogens with zero attached hydrogens (tertiary/aromatic N) is 1. The van der Waals surface area contributed by atoms with Crippen molar-refractivity contribution in [1.29, 1.82) is 0 Å². The summed E-state index contributed by atoms with van der Waals surface area (Å²) in [6.45, 7) is 4.21. The van der Waals surface area contributed by atoms with E-state index in [0.717, 1.165) is 51.4 Å². The van der Waals surface area contributed by atoms with E-state index in [1.54, 1.807) is 0 Å². The lowest BCUT2D eigenvalue weighted by atomic mass is 10.1. The van der Waals surface area contributed by atoms with Gasteiger partial charge >= 0.3 is 11.9 Å². The van der Waals surface area contributed by atoms with Crippen LogP contribution in [0.25, 0.3) is 0 Å². The zero-order valence-electron chi connectivity index (χ0n) is 33.8. The molecule has 0 aromatic rings. The Hall–Kier alpha value is -1.25. The number of carbonyl (C=O) groups is 2. The lowest BCUT2D eigenvalue weighted by Crippen LogP contribution is -2.37. The van der Waals surface area contributed by atoms with E-state index in [-0.39, 0.29) is 32.0 Å². The molecule has 0 aliphatic heterocycles. The quantitative estimate of drug-likeness (QED) is 0.0202. The first-order valence-corrected chi connectivity index (χ1v) is 22.4. The molecule has 0 saturated heterocycles. The van der Waals surface area contributed by atoms with Crippen molar-refractivity contribution < 1.29 is 42.1 Å². The second-order valence-electron chi connectivity index (χ2n) is 15.4. The summed E-state index contributed by atoms with van der Waals surface area (Å²) in [5, 5.41) is 0. The van der Waals surface area contributed by atoms with Crippen LogP contribution in [-0.4, -0.2) is 70.0 Å². The minimum Gasteiger partial charge on any atom is -0.756 e. The van der Waals surface area contributed by atoms with E-state index in [2.05, 4.69) is 26.0 Å². The van der Waals surface area contributed by atoms with E-state index in [1.807, 2.05) is 21.1 Å². The van der Waals surface area contributed by atoms with Crippen LogP contribution in [-0.2, 0) is 32.7 Å². The molecule has 0 bridgehead atoms. The van der Waals surface area contributed by atoms with Crippen molar-refractivity contribution in [3.05, 3.63) is 12.2 Å².